The van der Waals surface area contributed by atoms with Gasteiger partial charge >= 0.3 is 0 Å². The molecule has 5 nitrogen and oxygen atoms in total. The Kier molecular flexibility index (Phi) is 3.47. The van der Waals surface area contributed by atoms with E-state index in [1.54, 1.807) is 6.33 Å². The molecular weight excluding hydrogens is 216 g/mol. The molecule has 0 spiro atoms. The number of aliphatic hydroxyl groups excluding tert-OH is 1. The van der Waals surface area contributed by atoms with Crippen molar-refractivity contribution < 1.29 is 5.11 Å². The summed E-state index contributed by atoms with van der Waals surface area (Å²) in [5.74, 6) is 1.76. The van der Waals surface area contributed by atoms with E-state index in [9.17, 15) is 5.11 Å². The van der Waals surface area contributed by atoms with Crippen LogP contribution in [0.15, 0.2) is 6.33 Å². The number of rotatable bonds is 6. The van der Waals surface area contributed by atoms with Crippen molar-refractivity contribution in [3.63, 3.8) is 0 Å². The average Bonchev–Trinajstić information content (AvgIpc) is 3.16. The molecule has 1 aromatic rings. The van der Waals surface area contributed by atoms with Crippen LogP contribution in [0.4, 0.5) is 11.6 Å². The molecule has 5 heteroatoms. The molecule has 0 amide bonds. The number of aromatic nitrogens is 2. The fourth-order valence-electron chi connectivity index (χ4n) is 1.95. The molecule has 1 fully saturated rings. The lowest BCUT2D eigenvalue weighted by Crippen LogP contribution is -2.20. The van der Waals surface area contributed by atoms with E-state index in [0.29, 0.717) is 0 Å². The summed E-state index contributed by atoms with van der Waals surface area (Å²) in [6.07, 6.45) is 4.64. The highest BCUT2D eigenvalue weighted by molar-refractivity contribution is 5.57. The van der Waals surface area contributed by atoms with Crippen LogP contribution in [0, 0.1) is 5.41 Å². The third-order valence-corrected chi connectivity index (χ3v) is 3.46. The zero-order chi connectivity index (χ0) is 12.3. The van der Waals surface area contributed by atoms with Gasteiger partial charge in [0.25, 0.3) is 0 Å². The van der Waals surface area contributed by atoms with Gasteiger partial charge in [0.15, 0.2) is 0 Å². The highest BCUT2D eigenvalue weighted by atomic mass is 16.3. The third kappa shape index (κ3) is 2.49. The van der Waals surface area contributed by atoms with Gasteiger partial charge in [0.05, 0.1) is 6.61 Å². The summed E-state index contributed by atoms with van der Waals surface area (Å²) < 4.78 is 0. The second-order valence-electron chi connectivity index (χ2n) is 4.66. The van der Waals surface area contributed by atoms with E-state index in [0.717, 1.165) is 43.0 Å². The average molecular weight is 236 g/mol. The minimum absolute atomic E-state index is 0.0930. The van der Waals surface area contributed by atoms with Crippen molar-refractivity contribution >= 4 is 11.6 Å². The van der Waals surface area contributed by atoms with Crippen molar-refractivity contribution in [3.8, 4) is 0 Å². The maximum atomic E-state index is 9.28. The quantitative estimate of drug-likeness (QED) is 0.694. The summed E-state index contributed by atoms with van der Waals surface area (Å²) in [7, 11) is 1.86. The minimum Gasteiger partial charge on any atom is -0.396 e. The Morgan fingerprint density at radius 2 is 2.06 bits per heavy atom. The molecule has 1 saturated carbocycles. The molecule has 0 unspecified atom stereocenters. The van der Waals surface area contributed by atoms with E-state index in [2.05, 4.69) is 27.5 Å². The zero-order valence-electron chi connectivity index (χ0n) is 10.5. The Hall–Kier alpha value is -1.36. The topological polar surface area (TPSA) is 70.1 Å². The van der Waals surface area contributed by atoms with E-state index in [1.165, 1.54) is 0 Å². The molecule has 1 aliphatic carbocycles. The van der Waals surface area contributed by atoms with Crippen molar-refractivity contribution in [2.24, 2.45) is 5.41 Å². The number of hydrogen-bond acceptors (Lipinski definition) is 5. The normalized spacial score (nSPS) is 16.6. The molecule has 2 rings (SSSR count). The van der Waals surface area contributed by atoms with Gasteiger partial charge in [-0.05, 0) is 19.3 Å². The molecule has 0 aromatic carbocycles. The summed E-state index contributed by atoms with van der Waals surface area (Å²) in [6, 6.07) is 0. The number of hydrogen-bond donors (Lipinski definition) is 3. The fourth-order valence-corrected chi connectivity index (χ4v) is 1.95. The first-order valence-corrected chi connectivity index (χ1v) is 6.11. The van der Waals surface area contributed by atoms with Crippen LogP contribution >= 0.6 is 0 Å². The Morgan fingerprint density at radius 1 is 1.35 bits per heavy atom. The van der Waals surface area contributed by atoms with E-state index in [1.807, 2.05) is 7.05 Å². The largest absolute Gasteiger partial charge is 0.396 e. The van der Waals surface area contributed by atoms with Crippen molar-refractivity contribution in [2.45, 2.75) is 26.2 Å². The summed E-state index contributed by atoms with van der Waals surface area (Å²) in [5.41, 5.74) is 1.19. The lowest BCUT2D eigenvalue weighted by atomic mass is 10.1. The van der Waals surface area contributed by atoms with Crippen LogP contribution in [0.3, 0.4) is 0 Å². The van der Waals surface area contributed by atoms with Crippen molar-refractivity contribution in [1.82, 2.24) is 9.97 Å². The minimum atomic E-state index is 0.0930. The van der Waals surface area contributed by atoms with Gasteiger partial charge in [0.2, 0.25) is 0 Å². The molecule has 1 aromatic heterocycles. The summed E-state index contributed by atoms with van der Waals surface area (Å²) >= 11 is 0. The van der Waals surface area contributed by atoms with Crippen molar-refractivity contribution in [1.29, 1.82) is 0 Å². The standard InChI is InChI=1S/C12H20N4O/c1-3-9-10(13-2)15-8-16-11(9)14-6-12(7-17)4-5-12/h8,17H,3-7H2,1-2H3,(H2,13,14,15,16). The maximum Gasteiger partial charge on any atom is 0.134 e. The van der Waals surface area contributed by atoms with Gasteiger partial charge in [0, 0.05) is 24.6 Å². The second-order valence-corrected chi connectivity index (χ2v) is 4.66. The lowest BCUT2D eigenvalue weighted by molar-refractivity contribution is 0.219. The second kappa shape index (κ2) is 4.87. The van der Waals surface area contributed by atoms with E-state index < -0.39 is 0 Å². The van der Waals surface area contributed by atoms with Gasteiger partial charge in [0.1, 0.15) is 18.0 Å². The lowest BCUT2D eigenvalue weighted by Gasteiger charge is -2.16. The molecule has 0 bridgehead atoms. The summed E-state index contributed by atoms with van der Waals surface area (Å²) in [5, 5.41) is 15.7. The first-order chi connectivity index (χ1) is 8.24. The van der Waals surface area contributed by atoms with E-state index >= 15 is 0 Å². The molecule has 3 N–H and O–H groups in total. The third-order valence-electron chi connectivity index (χ3n) is 3.46. The number of nitrogens with zero attached hydrogens (tertiary/aromatic N) is 2. The predicted molar refractivity (Wildman–Crippen MR) is 68.2 cm³/mol. The van der Waals surface area contributed by atoms with Crippen LogP contribution in [0.5, 0.6) is 0 Å². The Labute approximate surface area is 102 Å². The molecule has 17 heavy (non-hydrogen) atoms. The van der Waals surface area contributed by atoms with Gasteiger partial charge in [-0.15, -0.1) is 0 Å². The van der Waals surface area contributed by atoms with Crippen LogP contribution in [-0.4, -0.2) is 35.3 Å². The highest BCUT2D eigenvalue weighted by Gasteiger charge is 2.41. The summed E-state index contributed by atoms with van der Waals surface area (Å²) in [4.78, 5) is 8.48. The molecule has 1 heterocycles. The summed E-state index contributed by atoms with van der Waals surface area (Å²) in [6.45, 7) is 3.13. The van der Waals surface area contributed by atoms with Gasteiger partial charge in [-0.2, -0.15) is 0 Å². The molecule has 0 saturated heterocycles. The first kappa shape index (κ1) is 12.1. The molecule has 0 radical (unpaired) electrons. The zero-order valence-corrected chi connectivity index (χ0v) is 10.5. The number of anilines is 2. The Bertz CT molecular complexity index is 390. The predicted octanol–water partition coefficient (Wildman–Crippen LogP) is 1.27. The molecule has 1 aliphatic rings. The molecular formula is C12H20N4O. The van der Waals surface area contributed by atoms with Crippen LogP contribution in [-0.2, 0) is 6.42 Å². The monoisotopic (exact) mass is 236 g/mol. The van der Waals surface area contributed by atoms with Gasteiger partial charge in [-0.1, -0.05) is 6.92 Å². The van der Waals surface area contributed by atoms with Crippen LogP contribution in [0.1, 0.15) is 25.3 Å². The fraction of sp³-hybridized carbons (Fsp3) is 0.667. The van der Waals surface area contributed by atoms with Crippen LogP contribution in [0.25, 0.3) is 0 Å². The Morgan fingerprint density at radius 3 is 2.59 bits per heavy atom. The maximum absolute atomic E-state index is 9.28. The molecule has 94 valence electrons. The van der Waals surface area contributed by atoms with Gasteiger partial charge < -0.3 is 15.7 Å². The van der Waals surface area contributed by atoms with Gasteiger partial charge in [-0.25, -0.2) is 9.97 Å². The number of nitrogens with one attached hydrogen (secondary N) is 2. The van der Waals surface area contributed by atoms with Crippen molar-refractivity contribution in [3.05, 3.63) is 11.9 Å². The molecule has 0 atom stereocenters. The van der Waals surface area contributed by atoms with Crippen LogP contribution < -0.4 is 10.6 Å². The Balaban J connectivity index is 2.09. The highest BCUT2D eigenvalue weighted by Crippen LogP contribution is 2.45. The first-order valence-electron chi connectivity index (χ1n) is 6.11. The van der Waals surface area contributed by atoms with Crippen molar-refractivity contribution in [2.75, 3.05) is 30.8 Å². The smallest absolute Gasteiger partial charge is 0.134 e. The number of aliphatic hydroxyl groups is 1. The van der Waals surface area contributed by atoms with E-state index in [-0.39, 0.29) is 12.0 Å². The van der Waals surface area contributed by atoms with Crippen LogP contribution in [0.2, 0.25) is 0 Å². The van der Waals surface area contributed by atoms with Gasteiger partial charge in [-0.3, -0.25) is 0 Å². The SMILES string of the molecule is CCc1c(NC)ncnc1NCC1(CO)CC1. The molecule has 0 aliphatic heterocycles. The van der Waals surface area contributed by atoms with E-state index in [4.69, 9.17) is 0 Å².